The van der Waals surface area contributed by atoms with Gasteiger partial charge in [-0.05, 0) is 18.8 Å². The molecule has 0 rings (SSSR count). The summed E-state index contributed by atoms with van der Waals surface area (Å²) in [5.74, 6) is 1.63. The molecule has 0 saturated carbocycles. The van der Waals surface area contributed by atoms with Gasteiger partial charge in [0.2, 0.25) is 0 Å². The quantitative estimate of drug-likeness (QED) is 0.0694. The Morgan fingerprint density at radius 1 is 0.308 bits per heavy atom. The third-order valence-corrected chi connectivity index (χ3v) is 8.99. The van der Waals surface area contributed by atoms with Crippen molar-refractivity contribution in [3.63, 3.8) is 0 Å². The molecule has 39 heavy (non-hydrogen) atoms. The Kier molecular flexibility index (Phi) is 35.5. The SMILES string of the molecule is C=C[C](CCCCCCCCCCCCCCCCCC)CCCCCCCCCCCCCCCCCC. The number of hydrogen-bond donors (Lipinski definition) is 0. The lowest BCUT2D eigenvalue weighted by Crippen LogP contribution is -1.94. The highest BCUT2D eigenvalue weighted by Crippen LogP contribution is 2.22. The zero-order valence-corrected chi connectivity index (χ0v) is 27.8. The largest absolute Gasteiger partial charge is 0.102 e. The number of unbranched alkanes of at least 4 members (excludes halogenated alkanes) is 30. The van der Waals surface area contributed by atoms with Crippen molar-refractivity contribution in [2.75, 3.05) is 0 Å². The van der Waals surface area contributed by atoms with Crippen molar-refractivity contribution < 1.29 is 0 Å². The van der Waals surface area contributed by atoms with E-state index in [9.17, 15) is 0 Å². The van der Waals surface area contributed by atoms with Gasteiger partial charge in [-0.3, -0.25) is 0 Å². The molecule has 0 saturated heterocycles. The fourth-order valence-electron chi connectivity index (χ4n) is 6.13. The van der Waals surface area contributed by atoms with E-state index in [1.165, 1.54) is 218 Å². The van der Waals surface area contributed by atoms with Crippen LogP contribution in [0, 0.1) is 5.92 Å². The lowest BCUT2D eigenvalue weighted by molar-refractivity contribution is 0.522. The first-order chi connectivity index (χ1) is 19.3. The van der Waals surface area contributed by atoms with Gasteiger partial charge in [0.1, 0.15) is 0 Å². The molecule has 0 nitrogen and oxygen atoms in total. The first kappa shape index (κ1) is 38.7. The van der Waals surface area contributed by atoms with Gasteiger partial charge in [-0.15, -0.1) is 6.58 Å². The molecular weight excluding hydrogens is 468 g/mol. The Morgan fingerprint density at radius 2 is 0.487 bits per heavy atom. The van der Waals surface area contributed by atoms with Crippen LogP contribution in [0.5, 0.6) is 0 Å². The Labute approximate surface area is 250 Å². The second-order valence-electron chi connectivity index (χ2n) is 13.0. The van der Waals surface area contributed by atoms with E-state index in [1.54, 1.807) is 5.92 Å². The van der Waals surface area contributed by atoms with Crippen LogP contribution in [-0.2, 0) is 0 Å². The average Bonchev–Trinajstić information content (AvgIpc) is 2.95. The Balaban J connectivity index is 3.25. The van der Waals surface area contributed by atoms with Gasteiger partial charge in [0.05, 0.1) is 0 Å². The van der Waals surface area contributed by atoms with E-state index in [0.29, 0.717) is 0 Å². The fourth-order valence-corrected chi connectivity index (χ4v) is 6.13. The monoisotopic (exact) mass is 546 g/mol. The summed E-state index contributed by atoms with van der Waals surface area (Å²) in [7, 11) is 0. The van der Waals surface area contributed by atoms with E-state index in [4.69, 9.17) is 0 Å². The lowest BCUT2D eigenvalue weighted by Gasteiger charge is -2.11. The molecule has 0 aliphatic heterocycles. The van der Waals surface area contributed by atoms with Crippen LogP contribution in [-0.4, -0.2) is 0 Å². The fraction of sp³-hybridized carbons (Fsp3) is 0.923. The average molecular weight is 546 g/mol. The molecule has 0 amide bonds. The van der Waals surface area contributed by atoms with Crippen molar-refractivity contribution in [1.29, 1.82) is 0 Å². The van der Waals surface area contributed by atoms with Gasteiger partial charge >= 0.3 is 0 Å². The maximum Gasteiger partial charge on any atom is -0.00301 e. The van der Waals surface area contributed by atoms with E-state index in [1.807, 2.05) is 0 Å². The van der Waals surface area contributed by atoms with Crippen LogP contribution in [0.1, 0.15) is 232 Å². The van der Waals surface area contributed by atoms with Crippen molar-refractivity contribution in [2.45, 2.75) is 232 Å². The number of hydrogen-bond acceptors (Lipinski definition) is 0. The molecule has 0 aromatic heterocycles. The second kappa shape index (κ2) is 35.8. The molecule has 0 bridgehead atoms. The third-order valence-electron chi connectivity index (χ3n) is 8.99. The molecule has 0 heteroatoms. The summed E-state index contributed by atoms with van der Waals surface area (Å²) in [5.41, 5.74) is 0. The van der Waals surface area contributed by atoms with Crippen LogP contribution >= 0.6 is 0 Å². The van der Waals surface area contributed by atoms with E-state index in [-0.39, 0.29) is 0 Å². The topological polar surface area (TPSA) is 0 Å². The van der Waals surface area contributed by atoms with Gasteiger partial charge in [-0.2, -0.15) is 0 Å². The van der Waals surface area contributed by atoms with E-state index in [2.05, 4.69) is 26.5 Å². The lowest BCUT2D eigenvalue weighted by atomic mass is 9.94. The predicted molar refractivity (Wildman–Crippen MR) is 182 cm³/mol. The van der Waals surface area contributed by atoms with Crippen LogP contribution in [0.15, 0.2) is 12.7 Å². The summed E-state index contributed by atoms with van der Waals surface area (Å²) in [5, 5.41) is 0. The molecule has 0 aliphatic carbocycles. The van der Waals surface area contributed by atoms with Gasteiger partial charge in [-0.1, -0.05) is 225 Å². The van der Waals surface area contributed by atoms with Gasteiger partial charge in [-0.25, -0.2) is 0 Å². The molecule has 0 atom stereocenters. The molecule has 0 aliphatic rings. The molecule has 1 radical (unpaired) electrons. The Bertz CT molecular complexity index is 388. The molecule has 233 valence electrons. The zero-order chi connectivity index (χ0) is 28.3. The van der Waals surface area contributed by atoms with Gasteiger partial charge in [0.25, 0.3) is 0 Å². The van der Waals surface area contributed by atoms with Gasteiger partial charge in [0.15, 0.2) is 0 Å². The summed E-state index contributed by atoms with van der Waals surface area (Å²) in [6, 6.07) is 0. The molecule has 0 aromatic rings. The van der Waals surface area contributed by atoms with Crippen LogP contribution in [0.25, 0.3) is 0 Å². The van der Waals surface area contributed by atoms with Crippen molar-refractivity contribution in [3.8, 4) is 0 Å². The summed E-state index contributed by atoms with van der Waals surface area (Å²) in [6.07, 6.45) is 51.3. The molecule has 0 fully saturated rings. The second-order valence-corrected chi connectivity index (χ2v) is 13.0. The Morgan fingerprint density at radius 3 is 0.667 bits per heavy atom. The minimum atomic E-state index is 1.31. The van der Waals surface area contributed by atoms with Crippen LogP contribution in [0.4, 0.5) is 0 Å². The van der Waals surface area contributed by atoms with Crippen molar-refractivity contribution >= 4 is 0 Å². The zero-order valence-electron chi connectivity index (χ0n) is 27.8. The highest BCUT2D eigenvalue weighted by Gasteiger charge is 2.05. The molecule has 0 spiro atoms. The van der Waals surface area contributed by atoms with E-state index >= 15 is 0 Å². The van der Waals surface area contributed by atoms with Crippen molar-refractivity contribution in [1.82, 2.24) is 0 Å². The summed E-state index contributed by atoms with van der Waals surface area (Å²) < 4.78 is 0. The molecule has 0 unspecified atom stereocenters. The Hall–Kier alpha value is -0.260. The van der Waals surface area contributed by atoms with Crippen molar-refractivity contribution in [3.05, 3.63) is 18.6 Å². The summed E-state index contributed by atoms with van der Waals surface area (Å²) in [6.45, 7) is 8.72. The smallest absolute Gasteiger partial charge is 0.00301 e. The first-order valence-corrected chi connectivity index (χ1v) is 18.8. The van der Waals surface area contributed by atoms with Gasteiger partial charge in [0, 0.05) is 0 Å². The van der Waals surface area contributed by atoms with Gasteiger partial charge < -0.3 is 0 Å². The molecule has 0 aromatic carbocycles. The van der Waals surface area contributed by atoms with Crippen LogP contribution in [0.3, 0.4) is 0 Å². The summed E-state index contributed by atoms with van der Waals surface area (Å²) >= 11 is 0. The van der Waals surface area contributed by atoms with Crippen molar-refractivity contribution in [2.24, 2.45) is 0 Å². The third kappa shape index (κ3) is 33.8. The molecule has 0 heterocycles. The maximum atomic E-state index is 4.11. The highest BCUT2D eigenvalue weighted by atomic mass is 14.1. The standard InChI is InChI=1S/C39H77/c1-4-7-9-11-13-15-17-19-21-23-25-27-29-31-33-35-37-39(6-3)38-36-34-32-30-28-26-24-22-20-18-16-14-12-10-8-5-2/h6H,3-5,7-38H2,1-2H3. The van der Waals surface area contributed by atoms with Crippen LogP contribution in [0.2, 0.25) is 0 Å². The molecular formula is C39H77. The number of allylic oxidation sites excluding steroid dienone is 1. The van der Waals surface area contributed by atoms with Crippen LogP contribution < -0.4 is 0 Å². The minimum absolute atomic E-state index is 1.31. The van der Waals surface area contributed by atoms with E-state index < -0.39 is 0 Å². The number of rotatable bonds is 35. The summed E-state index contributed by atoms with van der Waals surface area (Å²) in [4.78, 5) is 0. The normalized spacial score (nSPS) is 11.6. The minimum Gasteiger partial charge on any atom is -0.102 e. The van der Waals surface area contributed by atoms with E-state index in [0.717, 1.165) is 0 Å². The first-order valence-electron chi connectivity index (χ1n) is 18.8. The predicted octanol–water partition coefficient (Wildman–Crippen LogP) is 15.1. The highest BCUT2D eigenvalue weighted by molar-refractivity contribution is 5.05. The molecule has 0 N–H and O–H groups in total. The maximum absolute atomic E-state index is 4.11.